The van der Waals surface area contributed by atoms with Crippen molar-refractivity contribution in [3.63, 3.8) is 0 Å². The molecule has 0 aromatic heterocycles. The molecule has 4 rings (SSSR count). The maximum atomic E-state index is 14.5. The summed E-state index contributed by atoms with van der Waals surface area (Å²) < 4.78 is 29.9. The van der Waals surface area contributed by atoms with Gasteiger partial charge in [0, 0.05) is 28.5 Å². The molecule has 230 valence electrons. The van der Waals surface area contributed by atoms with Crippen molar-refractivity contribution in [1.82, 2.24) is 10.2 Å². The van der Waals surface area contributed by atoms with Gasteiger partial charge in [0.25, 0.3) is 10.0 Å². The summed E-state index contributed by atoms with van der Waals surface area (Å²) in [7, 11) is -4.18. The molecule has 0 unspecified atom stereocenters. The lowest BCUT2D eigenvalue weighted by atomic mass is 10.0. The first-order chi connectivity index (χ1) is 21.0. The van der Waals surface area contributed by atoms with Crippen molar-refractivity contribution in [3.05, 3.63) is 129 Å². The van der Waals surface area contributed by atoms with E-state index in [9.17, 15) is 18.0 Å². The minimum atomic E-state index is -4.18. The number of rotatable bonds is 12. The van der Waals surface area contributed by atoms with Crippen molar-refractivity contribution < 1.29 is 18.0 Å². The Hall–Kier alpha value is -3.66. The Labute approximate surface area is 273 Å². The van der Waals surface area contributed by atoms with Gasteiger partial charge in [-0.25, -0.2) is 8.42 Å². The zero-order valence-corrected chi connectivity index (χ0v) is 27.9. The van der Waals surface area contributed by atoms with Crippen LogP contribution in [-0.4, -0.2) is 43.8 Å². The molecule has 10 heteroatoms. The Bertz CT molecular complexity index is 1700. The van der Waals surface area contributed by atoms with Crippen molar-refractivity contribution in [3.8, 4) is 0 Å². The van der Waals surface area contributed by atoms with Crippen LogP contribution in [0.3, 0.4) is 0 Å². The van der Waals surface area contributed by atoms with Crippen molar-refractivity contribution in [2.75, 3.05) is 10.8 Å². The van der Waals surface area contributed by atoms with E-state index in [2.05, 4.69) is 21.2 Å². The van der Waals surface area contributed by atoms with E-state index < -0.39 is 28.5 Å². The number of nitrogens with zero attached hydrogens (tertiary/aromatic N) is 2. The van der Waals surface area contributed by atoms with Crippen LogP contribution in [0, 0.1) is 6.92 Å². The van der Waals surface area contributed by atoms with Gasteiger partial charge in [0.05, 0.1) is 10.6 Å². The Morgan fingerprint density at radius 1 is 0.886 bits per heavy atom. The van der Waals surface area contributed by atoms with Gasteiger partial charge in [-0.2, -0.15) is 0 Å². The first-order valence-electron chi connectivity index (χ1n) is 14.2. The van der Waals surface area contributed by atoms with Crippen molar-refractivity contribution in [2.24, 2.45) is 0 Å². The second-order valence-electron chi connectivity index (χ2n) is 10.8. The van der Waals surface area contributed by atoms with E-state index in [1.165, 1.54) is 17.0 Å². The fourth-order valence-corrected chi connectivity index (χ4v) is 6.73. The molecule has 0 aliphatic rings. The second kappa shape index (κ2) is 14.9. The third-order valence-corrected chi connectivity index (χ3v) is 9.63. The monoisotopic (exact) mass is 695 g/mol. The molecule has 1 atom stereocenters. The smallest absolute Gasteiger partial charge is 0.264 e. The zero-order chi connectivity index (χ0) is 31.9. The topological polar surface area (TPSA) is 86.8 Å². The number of amides is 2. The summed E-state index contributed by atoms with van der Waals surface area (Å²) in [6.45, 7) is 5.02. The fourth-order valence-electron chi connectivity index (χ4n) is 4.74. The summed E-state index contributed by atoms with van der Waals surface area (Å²) in [5.41, 5.74) is 2.69. The number of anilines is 1. The molecule has 0 aliphatic heterocycles. The number of nitrogens with one attached hydrogen (secondary N) is 1. The summed E-state index contributed by atoms with van der Waals surface area (Å²) in [6.07, 6.45) is 0.219. The number of halogens is 2. The lowest BCUT2D eigenvalue weighted by molar-refractivity contribution is -0.140. The van der Waals surface area contributed by atoms with Crippen LogP contribution in [0.25, 0.3) is 0 Å². The van der Waals surface area contributed by atoms with Gasteiger partial charge in [-0.05, 0) is 68.3 Å². The maximum absolute atomic E-state index is 14.5. The lowest BCUT2D eigenvalue weighted by Gasteiger charge is -2.34. The van der Waals surface area contributed by atoms with Gasteiger partial charge >= 0.3 is 0 Å². The van der Waals surface area contributed by atoms with Gasteiger partial charge in [0.1, 0.15) is 12.6 Å². The molecule has 2 amide bonds. The summed E-state index contributed by atoms with van der Waals surface area (Å²) in [4.78, 5) is 29.7. The van der Waals surface area contributed by atoms with Gasteiger partial charge < -0.3 is 10.2 Å². The van der Waals surface area contributed by atoms with Crippen molar-refractivity contribution in [2.45, 2.75) is 50.7 Å². The summed E-state index contributed by atoms with van der Waals surface area (Å²) in [5.74, 6) is -0.903. The van der Waals surface area contributed by atoms with E-state index in [0.29, 0.717) is 20.7 Å². The fraction of sp³-hybridized carbons (Fsp3) is 0.235. The zero-order valence-electron chi connectivity index (χ0n) is 24.8. The van der Waals surface area contributed by atoms with E-state index in [0.717, 1.165) is 15.4 Å². The highest BCUT2D eigenvalue weighted by Crippen LogP contribution is 2.28. The van der Waals surface area contributed by atoms with Crippen molar-refractivity contribution >= 4 is 55.1 Å². The molecule has 0 heterocycles. The third-order valence-electron chi connectivity index (χ3n) is 6.98. The summed E-state index contributed by atoms with van der Waals surface area (Å²) >= 11 is 9.96. The van der Waals surface area contributed by atoms with Crippen LogP contribution >= 0.6 is 27.5 Å². The highest BCUT2D eigenvalue weighted by Gasteiger charge is 2.35. The molecule has 0 saturated carbocycles. The average molecular weight is 697 g/mol. The molecule has 4 aromatic rings. The highest BCUT2D eigenvalue weighted by atomic mass is 79.9. The predicted octanol–water partition coefficient (Wildman–Crippen LogP) is 6.77. The molecule has 0 radical (unpaired) electrons. The number of benzene rings is 4. The molecule has 44 heavy (non-hydrogen) atoms. The van der Waals surface area contributed by atoms with Gasteiger partial charge in [-0.15, -0.1) is 0 Å². The molecular weight excluding hydrogens is 662 g/mol. The first kappa shape index (κ1) is 33.2. The summed E-state index contributed by atoms with van der Waals surface area (Å²) in [5, 5.41) is 3.38. The normalized spacial score (nSPS) is 12.0. The predicted molar refractivity (Wildman–Crippen MR) is 179 cm³/mol. The van der Waals surface area contributed by atoms with Crippen LogP contribution < -0.4 is 9.62 Å². The molecule has 4 aromatic carbocycles. The number of hydrogen-bond donors (Lipinski definition) is 1. The number of carbonyl (C=O) groups is 2. The van der Waals surface area contributed by atoms with E-state index in [1.54, 1.807) is 60.7 Å². The van der Waals surface area contributed by atoms with E-state index in [-0.39, 0.29) is 29.8 Å². The van der Waals surface area contributed by atoms with Crippen LogP contribution in [0.5, 0.6) is 0 Å². The Balaban J connectivity index is 1.82. The maximum Gasteiger partial charge on any atom is 0.264 e. The van der Waals surface area contributed by atoms with Crippen molar-refractivity contribution in [1.29, 1.82) is 0 Å². The van der Waals surface area contributed by atoms with Gasteiger partial charge in [0.15, 0.2) is 0 Å². The van der Waals surface area contributed by atoms with Crippen LogP contribution in [0.4, 0.5) is 5.69 Å². The molecule has 7 nitrogen and oxygen atoms in total. The minimum Gasteiger partial charge on any atom is -0.352 e. The minimum absolute atomic E-state index is 0.00156. The average Bonchev–Trinajstić information content (AvgIpc) is 2.98. The molecule has 0 saturated heterocycles. The largest absolute Gasteiger partial charge is 0.352 e. The van der Waals surface area contributed by atoms with E-state index in [4.69, 9.17) is 11.6 Å². The van der Waals surface area contributed by atoms with Crippen LogP contribution in [0.1, 0.15) is 30.5 Å². The molecule has 1 N–H and O–H groups in total. The van der Waals surface area contributed by atoms with E-state index in [1.807, 2.05) is 51.1 Å². The highest BCUT2D eigenvalue weighted by molar-refractivity contribution is 9.10. The number of hydrogen-bond acceptors (Lipinski definition) is 4. The molecule has 0 spiro atoms. The lowest BCUT2D eigenvalue weighted by Crippen LogP contribution is -2.54. The quantitative estimate of drug-likeness (QED) is 0.177. The van der Waals surface area contributed by atoms with Gasteiger partial charge in [-0.1, -0.05) is 99.8 Å². The van der Waals surface area contributed by atoms with Gasteiger partial charge in [0.2, 0.25) is 11.8 Å². The summed E-state index contributed by atoms with van der Waals surface area (Å²) in [6, 6.07) is 28.6. The number of carbonyl (C=O) groups excluding carboxylic acids is 2. The Morgan fingerprint density at radius 3 is 2.18 bits per heavy atom. The Morgan fingerprint density at radius 2 is 1.55 bits per heavy atom. The van der Waals surface area contributed by atoms with Crippen LogP contribution in [0.2, 0.25) is 5.02 Å². The second-order valence-corrected chi connectivity index (χ2v) is 14.0. The SMILES string of the molecule is Cc1ccc(S(=O)(=O)N(CC(=O)N(Cc2ccccc2Cl)[C@@H](Cc2ccccc2)C(=O)NC(C)C)c2cccc(Br)c2)cc1. The molecule has 0 bridgehead atoms. The first-order valence-corrected chi connectivity index (χ1v) is 16.8. The number of aryl methyl sites for hydroxylation is 1. The molecule has 0 fully saturated rings. The van der Waals surface area contributed by atoms with Gasteiger partial charge in [-0.3, -0.25) is 13.9 Å². The van der Waals surface area contributed by atoms with Crippen LogP contribution in [0.15, 0.2) is 112 Å². The Kier molecular flexibility index (Phi) is 11.2. The molecule has 0 aliphatic carbocycles. The third kappa shape index (κ3) is 8.49. The number of sulfonamides is 1. The van der Waals surface area contributed by atoms with E-state index >= 15 is 0 Å². The standard InChI is InChI=1S/C34H35BrClN3O4S/c1-24(2)37-34(41)32(20-26-10-5-4-6-11-26)38(22-27-12-7-8-15-31(27)36)33(40)23-39(29-14-9-13-28(35)21-29)44(42,43)30-18-16-25(3)17-19-30/h4-19,21,24,32H,20,22-23H2,1-3H3,(H,37,41)/t32-/m0/s1. The van der Waals surface area contributed by atoms with Crippen LogP contribution in [-0.2, 0) is 32.6 Å². The molecular formula is C34H35BrClN3O4S.